The highest BCUT2D eigenvalue weighted by atomic mass is 16.6. The normalized spacial score (nSPS) is 14.8. The monoisotopic (exact) mass is 353 g/mol. The van der Waals surface area contributed by atoms with Gasteiger partial charge in [0.1, 0.15) is 17.2 Å². The van der Waals surface area contributed by atoms with E-state index in [2.05, 4.69) is 4.99 Å². The van der Waals surface area contributed by atoms with Gasteiger partial charge in [0, 0.05) is 17.2 Å². The quantitative estimate of drug-likeness (QED) is 0.588. The fourth-order valence-electron chi connectivity index (χ4n) is 2.50. The number of cyclic esters (lactones) is 1. The Hall–Kier alpha value is -3.28. The first-order valence-corrected chi connectivity index (χ1v) is 8.12. The summed E-state index contributed by atoms with van der Waals surface area (Å²) in [6.07, 6.45) is 1.65. The SMILES string of the molecule is CCOc1ccccc1/C=C1\N=C(c2cc(OC)cc(OC)c2)OC1=O. The lowest BCUT2D eigenvalue weighted by molar-refractivity contribution is -0.129. The van der Waals surface area contributed by atoms with Gasteiger partial charge in [-0.2, -0.15) is 0 Å². The van der Waals surface area contributed by atoms with Gasteiger partial charge in [0.25, 0.3) is 0 Å². The molecule has 0 atom stereocenters. The van der Waals surface area contributed by atoms with Crippen LogP contribution in [0.15, 0.2) is 53.2 Å². The highest BCUT2D eigenvalue weighted by Crippen LogP contribution is 2.28. The third-order valence-electron chi connectivity index (χ3n) is 3.73. The molecule has 2 aromatic rings. The van der Waals surface area contributed by atoms with Crippen LogP contribution in [0.2, 0.25) is 0 Å². The molecule has 0 aliphatic carbocycles. The number of rotatable bonds is 6. The van der Waals surface area contributed by atoms with E-state index in [9.17, 15) is 4.79 Å². The van der Waals surface area contributed by atoms with Crippen molar-refractivity contribution in [2.45, 2.75) is 6.92 Å². The number of hydrogen-bond donors (Lipinski definition) is 0. The van der Waals surface area contributed by atoms with Crippen LogP contribution < -0.4 is 14.2 Å². The van der Waals surface area contributed by atoms with Crippen LogP contribution in [0.1, 0.15) is 18.1 Å². The molecule has 1 aliphatic heterocycles. The van der Waals surface area contributed by atoms with Crippen LogP contribution in [0.5, 0.6) is 17.2 Å². The highest BCUT2D eigenvalue weighted by Gasteiger charge is 2.25. The van der Waals surface area contributed by atoms with E-state index in [0.29, 0.717) is 29.4 Å². The molecule has 0 aromatic heterocycles. The lowest BCUT2D eigenvalue weighted by Crippen LogP contribution is -2.06. The summed E-state index contributed by atoms with van der Waals surface area (Å²) >= 11 is 0. The Labute approximate surface area is 151 Å². The average Bonchev–Trinajstić information content (AvgIpc) is 3.03. The Balaban J connectivity index is 1.97. The Bertz CT molecular complexity index is 863. The summed E-state index contributed by atoms with van der Waals surface area (Å²) in [4.78, 5) is 16.6. The van der Waals surface area contributed by atoms with Crippen molar-refractivity contribution in [1.82, 2.24) is 0 Å². The molecule has 6 nitrogen and oxygen atoms in total. The van der Waals surface area contributed by atoms with E-state index < -0.39 is 5.97 Å². The molecule has 2 aromatic carbocycles. The number of para-hydroxylation sites is 1. The third-order valence-corrected chi connectivity index (χ3v) is 3.73. The lowest BCUT2D eigenvalue weighted by atomic mass is 10.1. The maximum atomic E-state index is 12.2. The number of methoxy groups -OCH3 is 2. The van der Waals surface area contributed by atoms with Gasteiger partial charge in [-0.25, -0.2) is 9.79 Å². The van der Waals surface area contributed by atoms with Crippen molar-refractivity contribution in [3.63, 3.8) is 0 Å². The van der Waals surface area contributed by atoms with Crippen LogP contribution in [0.25, 0.3) is 6.08 Å². The minimum absolute atomic E-state index is 0.201. The van der Waals surface area contributed by atoms with Crippen LogP contribution in [-0.2, 0) is 9.53 Å². The minimum Gasteiger partial charge on any atom is -0.497 e. The Morgan fingerprint density at radius 3 is 2.42 bits per heavy atom. The van der Waals surface area contributed by atoms with Gasteiger partial charge >= 0.3 is 5.97 Å². The van der Waals surface area contributed by atoms with Crippen molar-refractivity contribution in [3.8, 4) is 17.2 Å². The number of carbonyl (C=O) groups is 1. The molecular weight excluding hydrogens is 334 g/mol. The smallest absolute Gasteiger partial charge is 0.363 e. The number of benzene rings is 2. The van der Waals surface area contributed by atoms with Crippen LogP contribution >= 0.6 is 0 Å². The lowest BCUT2D eigenvalue weighted by Gasteiger charge is -2.07. The summed E-state index contributed by atoms with van der Waals surface area (Å²) in [5, 5.41) is 0. The molecule has 0 saturated carbocycles. The Kier molecular flexibility index (Phi) is 5.22. The molecule has 0 unspecified atom stereocenters. The predicted octanol–water partition coefficient (Wildman–Crippen LogP) is 3.45. The second-order valence-electron chi connectivity index (χ2n) is 5.41. The van der Waals surface area contributed by atoms with Gasteiger partial charge in [-0.3, -0.25) is 0 Å². The zero-order valence-corrected chi connectivity index (χ0v) is 14.8. The summed E-state index contributed by atoms with van der Waals surface area (Å²) in [7, 11) is 3.11. The first kappa shape index (κ1) is 17.5. The fourth-order valence-corrected chi connectivity index (χ4v) is 2.50. The average molecular weight is 353 g/mol. The van der Waals surface area contributed by atoms with Gasteiger partial charge in [-0.1, -0.05) is 18.2 Å². The van der Waals surface area contributed by atoms with Crippen molar-refractivity contribution in [3.05, 3.63) is 59.3 Å². The fraction of sp³-hybridized carbons (Fsp3) is 0.200. The Morgan fingerprint density at radius 2 is 1.77 bits per heavy atom. The minimum atomic E-state index is -0.520. The number of hydrogen-bond acceptors (Lipinski definition) is 6. The standard InChI is InChI=1S/C20H19NO5/c1-4-25-18-8-6-5-7-13(18)11-17-20(22)26-19(21-17)14-9-15(23-2)12-16(10-14)24-3/h5-12H,4H2,1-3H3/b17-11-. The summed E-state index contributed by atoms with van der Waals surface area (Å²) in [5.41, 5.74) is 1.56. The maximum Gasteiger partial charge on any atom is 0.363 e. The molecule has 1 aliphatic rings. The zero-order chi connectivity index (χ0) is 18.5. The molecule has 0 radical (unpaired) electrons. The highest BCUT2D eigenvalue weighted by molar-refractivity contribution is 6.13. The van der Waals surface area contributed by atoms with Gasteiger partial charge in [0.05, 0.1) is 20.8 Å². The van der Waals surface area contributed by atoms with E-state index in [1.807, 2.05) is 31.2 Å². The van der Waals surface area contributed by atoms with E-state index in [-0.39, 0.29) is 11.6 Å². The summed E-state index contributed by atoms with van der Waals surface area (Å²) in [6, 6.07) is 12.6. The molecule has 0 spiro atoms. The molecule has 3 rings (SSSR count). The van der Waals surface area contributed by atoms with Crippen LogP contribution in [0, 0.1) is 0 Å². The van der Waals surface area contributed by atoms with E-state index in [1.54, 1.807) is 38.5 Å². The molecule has 6 heteroatoms. The van der Waals surface area contributed by atoms with E-state index in [0.717, 1.165) is 5.56 Å². The van der Waals surface area contributed by atoms with Crippen molar-refractivity contribution < 1.29 is 23.7 Å². The van der Waals surface area contributed by atoms with Gasteiger partial charge < -0.3 is 18.9 Å². The van der Waals surface area contributed by atoms with E-state index in [4.69, 9.17) is 18.9 Å². The van der Waals surface area contributed by atoms with Gasteiger partial charge in [-0.15, -0.1) is 0 Å². The molecule has 26 heavy (non-hydrogen) atoms. The molecule has 0 bridgehead atoms. The largest absolute Gasteiger partial charge is 0.497 e. The van der Waals surface area contributed by atoms with Crippen LogP contribution in [0.3, 0.4) is 0 Å². The number of esters is 1. The molecular formula is C20H19NO5. The summed E-state index contributed by atoms with van der Waals surface area (Å²) in [6.45, 7) is 2.43. The molecule has 1 heterocycles. The number of nitrogens with zero attached hydrogens (tertiary/aromatic N) is 1. The number of ether oxygens (including phenoxy) is 4. The topological polar surface area (TPSA) is 66.3 Å². The van der Waals surface area contributed by atoms with Crippen molar-refractivity contribution in [2.75, 3.05) is 20.8 Å². The first-order chi connectivity index (χ1) is 12.6. The first-order valence-electron chi connectivity index (χ1n) is 8.12. The molecule has 0 N–H and O–H groups in total. The van der Waals surface area contributed by atoms with Crippen LogP contribution in [-0.4, -0.2) is 32.7 Å². The van der Waals surface area contributed by atoms with Gasteiger partial charge in [0.15, 0.2) is 5.70 Å². The number of aliphatic imine (C=N–C) groups is 1. The summed E-state index contributed by atoms with van der Waals surface area (Å²) < 4.78 is 21.4. The molecule has 0 amide bonds. The maximum absolute atomic E-state index is 12.2. The van der Waals surface area contributed by atoms with E-state index >= 15 is 0 Å². The third kappa shape index (κ3) is 3.69. The van der Waals surface area contributed by atoms with Gasteiger partial charge in [-0.05, 0) is 31.2 Å². The van der Waals surface area contributed by atoms with Crippen LogP contribution in [0.4, 0.5) is 0 Å². The molecule has 0 saturated heterocycles. The second kappa shape index (κ2) is 7.74. The molecule has 134 valence electrons. The second-order valence-corrected chi connectivity index (χ2v) is 5.41. The van der Waals surface area contributed by atoms with Crippen molar-refractivity contribution >= 4 is 17.9 Å². The van der Waals surface area contributed by atoms with E-state index in [1.165, 1.54) is 0 Å². The Morgan fingerprint density at radius 1 is 1.08 bits per heavy atom. The zero-order valence-electron chi connectivity index (χ0n) is 14.8. The molecule has 0 fully saturated rings. The number of carbonyl (C=O) groups excluding carboxylic acids is 1. The van der Waals surface area contributed by atoms with Gasteiger partial charge in [0.2, 0.25) is 5.90 Å². The summed E-state index contributed by atoms with van der Waals surface area (Å²) in [5.74, 6) is 1.52. The van der Waals surface area contributed by atoms with Crippen molar-refractivity contribution in [2.24, 2.45) is 4.99 Å². The van der Waals surface area contributed by atoms with Crippen molar-refractivity contribution in [1.29, 1.82) is 0 Å². The predicted molar refractivity (Wildman–Crippen MR) is 97.8 cm³/mol.